The Morgan fingerprint density at radius 1 is 1.09 bits per heavy atom. The van der Waals surface area contributed by atoms with Crippen LogP contribution in [0.2, 0.25) is 0 Å². The van der Waals surface area contributed by atoms with E-state index in [1.54, 1.807) is 49.8 Å². The zero-order valence-corrected chi connectivity index (χ0v) is 18.8. The molecule has 2 heterocycles. The highest BCUT2D eigenvalue weighted by Crippen LogP contribution is 2.28. The maximum Gasteiger partial charge on any atom is 0.252 e. The van der Waals surface area contributed by atoms with E-state index >= 15 is 0 Å². The third-order valence-corrected chi connectivity index (χ3v) is 5.82. The van der Waals surface area contributed by atoms with Gasteiger partial charge in [-0.2, -0.15) is 0 Å². The minimum absolute atomic E-state index is 0.201. The normalized spacial score (nSPS) is 10.9. The molecule has 0 aliphatic heterocycles. The highest BCUT2D eigenvalue weighted by Gasteiger charge is 2.16. The predicted octanol–water partition coefficient (Wildman–Crippen LogP) is 4.32. The molecule has 7 heteroatoms. The number of nitrogens with one attached hydrogen (secondary N) is 3. The topological polar surface area (TPSA) is 86.9 Å². The lowest BCUT2D eigenvalue weighted by atomic mass is 9.99. The van der Waals surface area contributed by atoms with Crippen LogP contribution in [0, 0.1) is 19.7 Å². The third-order valence-electron chi connectivity index (χ3n) is 5.82. The first-order valence-electron chi connectivity index (χ1n) is 10.7. The van der Waals surface area contributed by atoms with E-state index in [9.17, 15) is 14.0 Å². The predicted molar refractivity (Wildman–Crippen MR) is 127 cm³/mol. The average molecular weight is 445 g/mol. The molecule has 0 fully saturated rings. The zero-order chi connectivity index (χ0) is 23.5. The molecule has 6 nitrogen and oxygen atoms in total. The number of aryl methyl sites for hydroxylation is 2. The van der Waals surface area contributed by atoms with Crippen molar-refractivity contribution in [1.82, 2.24) is 20.6 Å². The van der Waals surface area contributed by atoms with Crippen molar-refractivity contribution in [2.45, 2.75) is 20.3 Å². The smallest absolute Gasteiger partial charge is 0.252 e. The van der Waals surface area contributed by atoms with E-state index in [0.717, 1.165) is 27.8 Å². The first-order chi connectivity index (χ1) is 15.9. The number of amides is 2. The van der Waals surface area contributed by atoms with Gasteiger partial charge in [0.2, 0.25) is 0 Å². The van der Waals surface area contributed by atoms with Gasteiger partial charge in [0, 0.05) is 48.2 Å². The SMILES string of the molecule is CNC(=O)c1cccc(-c2cnccc2C(=O)NCCc2c(C)[nH]c3c(F)ccc(C)c23)c1. The quantitative estimate of drug-likeness (QED) is 0.414. The lowest BCUT2D eigenvalue weighted by Gasteiger charge is -2.11. The van der Waals surface area contributed by atoms with Gasteiger partial charge in [0.15, 0.2) is 0 Å². The van der Waals surface area contributed by atoms with Crippen LogP contribution in [0.5, 0.6) is 0 Å². The molecule has 3 N–H and O–H groups in total. The van der Waals surface area contributed by atoms with E-state index in [1.807, 2.05) is 19.9 Å². The van der Waals surface area contributed by atoms with Gasteiger partial charge in [-0.15, -0.1) is 0 Å². The second-order valence-corrected chi connectivity index (χ2v) is 7.93. The first-order valence-corrected chi connectivity index (χ1v) is 10.7. The number of aromatic nitrogens is 2. The number of halogens is 1. The fourth-order valence-corrected chi connectivity index (χ4v) is 4.15. The minimum Gasteiger partial charge on any atom is -0.356 e. The summed E-state index contributed by atoms with van der Waals surface area (Å²) in [5.74, 6) is -0.722. The number of rotatable bonds is 6. The molecule has 0 bridgehead atoms. The Labute approximate surface area is 191 Å². The van der Waals surface area contributed by atoms with E-state index in [4.69, 9.17) is 0 Å². The van der Waals surface area contributed by atoms with Crippen molar-refractivity contribution in [1.29, 1.82) is 0 Å². The Morgan fingerprint density at radius 3 is 2.70 bits per heavy atom. The summed E-state index contributed by atoms with van der Waals surface area (Å²) < 4.78 is 14.2. The maximum absolute atomic E-state index is 14.2. The molecule has 4 aromatic rings. The number of benzene rings is 2. The molecule has 2 amide bonds. The Morgan fingerprint density at radius 2 is 1.91 bits per heavy atom. The van der Waals surface area contributed by atoms with Crippen LogP contribution >= 0.6 is 0 Å². The van der Waals surface area contributed by atoms with Gasteiger partial charge >= 0.3 is 0 Å². The summed E-state index contributed by atoms with van der Waals surface area (Å²) in [6.45, 7) is 4.26. The highest BCUT2D eigenvalue weighted by molar-refractivity contribution is 6.01. The van der Waals surface area contributed by atoms with E-state index in [1.165, 1.54) is 6.07 Å². The second kappa shape index (κ2) is 9.24. The molecule has 0 radical (unpaired) electrons. The van der Waals surface area contributed by atoms with Crippen molar-refractivity contribution >= 4 is 22.7 Å². The number of pyridine rings is 1. The molecule has 0 saturated heterocycles. The van der Waals surface area contributed by atoms with E-state index in [0.29, 0.717) is 35.2 Å². The molecule has 0 aliphatic rings. The summed E-state index contributed by atoms with van der Waals surface area (Å²) in [7, 11) is 1.57. The van der Waals surface area contributed by atoms with Gasteiger partial charge in [-0.3, -0.25) is 14.6 Å². The van der Waals surface area contributed by atoms with Crippen LogP contribution < -0.4 is 10.6 Å². The van der Waals surface area contributed by atoms with Crippen molar-refractivity contribution in [3.8, 4) is 11.1 Å². The van der Waals surface area contributed by atoms with Gasteiger partial charge in [-0.25, -0.2) is 4.39 Å². The van der Waals surface area contributed by atoms with Crippen LogP contribution in [-0.2, 0) is 6.42 Å². The van der Waals surface area contributed by atoms with Crippen LogP contribution in [0.4, 0.5) is 4.39 Å². The van der Waals surface area contributed by atoms with Crippen molar-refractivity contribution in [2.75, 3.05) is 13.6 Å². The first kappa shape index (κ1) is 22.2. The van der Waals surface area contributed by atoms with Crippen LogP contribution in [0.25, 0.3) is 22.0 Å². The van der Waals surface area contributed by atoms with Gasteiger partial charge in [0.25, 0.3) is 11.8 Å². The van der Waals surface area contributed by atoms with Crippen molar-refractivity contribution < 1.29 is 14.0 Å². The molecular weight excluding hydrogens is 419 g/mol. The van der Waals surface area contributed by atoms with Crippen molar-refractivity contribution in [3.05, 3.63) is 88.6 Å². The molecule has 0 spiro atoms. The van der Waals surface area contributed by atoms with Crippen LogP contribution in [0.1, 0.15) is 37.5 Å². The highest BCUT2D eigenvalue weighted by atomic mass is 19.1. The Kier molecular flexibility index (Phi) is 6.22. The summed E-state index contributed by atoms with van der Waals surface area (Å²) >= 11 is 0. The molecular formula is C26H25FN4O2. The van der Waals surface area contributed by atoms with Crippen LogP contribution in [-0.4, -0.2) is 35.4 Å². The maximum atomic E-state index is 14.2. The molecule has 4 rings (SSSR count). The molecule has 168 valence electrons. The van der Waals surface area contributed by atoms with Gasteiger partial charge in [-0.1, -0.05) is 18.2 Å². The number of fused-ring (bicyclic) bond motifs is 1. The van der Waals surface area contributed by atoms with Gasteiger partial charge in [-0.05, 0) is 61.2 Å². The number of nitrogens with zero attached hydrogens (tertiary/aromatic N) is 1. The van der Waals surface area contributed by atoms with Crippen molar-refractivity contribution in [3.63, 3.8) is 0 Å². The number of carbonyl (C=O) groups is 2. The lowest BCUT2D eigenvalue weighted by Crippen LogP contribution is -2.26. The molecule has 0 aliphatic carbocycles. The molecule has 0 unspecified atom stereocenters. The Hall–Kier alpha value is -4.00. The monoisotopic (exact) mass is 444 g/mol. The van der Waals surface area contributed by atoms with E-state index < -0.39 is 0 Å². The fourth-order valence-electron chi connectivity index (χ4n) is 4.15. The number of hydrogen-bond donors (Lipinski definition) is 3. The van der Waals surface area contributed by atoms with Crippen LogP contribution in [0.3, 0.4) is 0 Å². The Bertz CT molecular complexity index is 1360. The standard InChI is InChI=1S/C26H25FN4O2/c1-15-7-8-22(27)24-23(15)19(16(2)31-24)10-12-30-26(33)20-9-11-29-14-21(20)17-5-4-6-18(13-17)25(32)28-3/h4-9,11,13-14,31H,10,12H2,1-3H3,(H,28,32)(H,30,33). The number of aromatic amines is 1. The average Bonchev–Trinajstić information content (AvgIpc) is 3.18. The lowest BCUT2D eigenvalue weighted by molar-refractivity contribution is 0.0950. The minimum atomic E-state index is -0.283. The summed E-state index contributed by atoms with van der Waals surface area (Å²) in [5, 5.41) is 6.44. The molecule has 2 aromatic heterocycles. The third kappa shape index (κ3) is 4.35. The van der Waals surface area contributed by atoms with E-state index in [-0.39, 0.29) is 17.6 Å². The molecule has 33 heavy (non-hydrogen) atoms. The van der Waals surface area contributed by atoms with Gasteiger partial charge in [0.1, 0.15) is 5.82 Å². The van der Waals surface area contributed by atoms with Gasteiger partial charge < -0.3 is 15.6 Å². The second-order valence-electron chi connectivity index (χ2n) is 7.93. The number of H-pyrrole nitrogens is 1. The molecule has 2 aromatic carbocycles. The van der Waals surface area contributed by atoms with E-state index in [2.05, 4.69) is 20.6 Å². The number of carbonyl (C=O) groups excluding carboxylic acids is 2. The summed E-state index contributed by atoms with van der Waals surface area (Å²) in [5.41, 5.74) is 5.72. The Balaban J connectivity index is 1.55. The summed E-state index contributed by atoms with van der Waals surface area (Å²) in [4.78, 5) is 32.3. The summed E-state index contributed by atoms with van der Waals surface area (Å²) in [6, 6.07) is 12.0. The zero-order valence-electron chi connectivity index (χ0n) is 18.8. The number of hydrogen-bond acceptors (Lipinski definition) is 3. The summed E-state index contributed by atoms with van der Waals surface area (Å²) in [6.07, 6.45) is 3.75. The van der Waals surface area contributed by atoms with Gasteiger partial charge in [0.05, 0.1) is 11.1 Å². The molecule has 0 atom stereocenters. The van der Waals surface area contributed by atoms with Crippen LogP contribution in [0.15, 0.2) is 54.9 Å². The van der Waals surface area contributed by atoms with Crippen molar-refractivity contribution in [2.24, 2.45) is 0 Å². The largest absolute Gasteiger partial charge is 0.356 e. The molecule has 0 saturated carbocycles. The fraction of sp³-hybridized carbons (Fsp3) is 0.192.